The Bertz CT molecular complexity index is 477. The van der Waals surface area contributed by atoms with Crippen molar-refractivity contribution in [2.45, 2.75) is 12.5 Å². The lowest BCUT2D eigenvalue weighted by Crippen LogP contribution is -2.69. The van der Waals surface area contributed by atoms with Gasteiger partial charge in [0.25, 0.3) is 0 Å². The lowest BCUT2D eigenvalue weighted by Gasteiger charge is -2.09. The number of carbonyl (C=O) groups excluding carboxylic acids is 2. The summed E-state index contributed by atoms with van der Waals surface area (Å²) in [6.45, 7) is 0. The minimum atomic E-state index is -1.65. The molecule has 0 amide bonds. The zero-order valence-electron chi connectivity index (χ0n) is 8.10. The number of rotatable bonds is 4. The van der Waals surface area contributed by atoms with Crippen LogP contribution in [0, 0.1) is 0 Å². The average molecular weight is 226 g/mol. The highest BCUT2D eigenvalue weighted by atomic mass is 16.4. The van der Waals surface area contributed by atoms with Crippen LogP contribution in [0.15, 0.2) is 21.3 Å². The summed E-state index contributed by atoms with van der Waals surface area (Å²) in [4.78, 5) is 31.8. The second kappa shape index (κ2) is 4.58. The molecule has 0 fully saturated rings. The third-order valence-corrected chi connectivity index (χ3v) is 1.85. The summed E-state index contributed by atoms with van der Waals surface area (Å²) in [5.74, 6) is -3.68. The first-order valence-electron chi connectivity index (χ1n) is 4.29. The summed E-state index contributed by atoms with van der Waals surface area (Å²) in [5.41, 5.74) is 2.59. The third-order valence-electron chi connectivity index (χ3n) is 1.85. The minimum Gasteiger partial charge on any atom is -0.544 e. The molecule has 1 atom stereocenters. The molecule has 7 heteroatoms. The maximum absolute atomic E-state index is 10.9. The molecule has 0 aliphatic rings. The first kappa shape index (κ1) is 11.9. The zero-order valence-corrected chi connectivity index (χ0v) is 8.10. The van der Waals surface area contributed by atoms with Crippen LogP contribution < -0.4 is 21.6 Å². The Balaban J connectivity index is 3.01. The quantitative estimate of drug-likeness (QED) is 0.553. The molecular weight excluding hydrogens is 218 g/mol. The van der Waals surface area contributed by atoms with Crippen LogP contribution in [0.25, 0.3) is 0 Å². The second-order valence-corrected chi connectivity index (χ2v) is 3.16. The van der Waals surface area contributed by atoms with E-state index >= 15 is 0 Å². The van der Waals surface area contributed by atoms with Gasteiger partial charge < -0.3 is 30.0 Å². The number of aliphatic carboxylic acids is 1. The Morgan fingerprint density at radius 3 is 2.50 bits per heavy atom. The molecule has 0 aliphatic carbocycles. The summed E-state index contributed by atoms with van der Waals surface area (Å²) in [7, 11) is 0. The van der Waals surface area contributed by atoms with Crippen LogP contribution >= 0.6 is 0 Å². The van der Waals surface area contributed by atoms with Crippen LogP contribution in [0.5, 0.6) is 0 Å². The highest BCUT2D eigenvalue weighted by molar-refractivity contribution is 5.82. The van der Waals surface area contributed by atoms with E-state index in [1.54, 1.807) is 0 Å². The van der Waals surface area contributed by atoms with Crippen molar-refractivity contribution < 1.29 is 30.0 Å². The fourth-order valence-electron chi connectivity index (χ4n) is 1.12. The van der Waals surface area contributed by atoms with E-state index in [9.17, 15) is 24.6 Å². The molecule has 1 heterocycles. The SMILES string of the molecule is [NH3+]C(Cc1cc(C(=O)[O-])oc(=O)c1)C(=O)[O-]. The topological polar surface area (TPSA) is 138 Å². The van der Waals surface area contributed by atoms with Gasteiger partial charge in [-0.05, 0) is 11.6 Å². The molecule has 16 heavy (non-hydrogen) atoms. The van der Waals surface area contributed by atoms with E-state index in [4.69, 9.17) is 0 Å². The summed E-state index contributed by atoms with van der Waals surface area (Å²) in [6.07, 6.45) is -0.117. The molecule has 1 rings (SSSR count). The van der Waals surface area contributed by atoms with Crippen molar-refractivity contribution in [3.05, 3.63) is 33.9 Å². The standard InChI is InChI=1S/C9H9NO6/c10-5(8(12)13)1-4-2-6(9(14)15)16-7(11)3-4/h2-3,5H,1,10H2,(H,12,13)(H,14,15)/p-1. The Kier molecular flexibility index (Phi) is 3.41. The number of carbonyl (C=O) groups is 2. The molecule has 1 aromatic heterocycles. The Labute approximate surface area is 89.1 Å². The van der Waals surface area contributed by atoms with Crippen molar-refractivity contribution in [3.8, 4) is 0 Å². The number of aromatic carboxylic acids is 1. The summed E-state index contributed by atoms with van der Waals surface area (Å²) in [6, 6.07) is 0.946. The van der Waals surface area contributed by atoms with Gasteiger partial charge in [-0.25, -0.2) is 4.79 Å². The number of carboxylic acids is 2. The molecule has 0 bridgehead atoms. The average Bonchev–Trinajstić information content (AvgIpc) is 2.16. The van der Waals surface area contributed by atoms with Crippen LogP contribution in [0.1, 0.15) is 16.1 Å². The first-order chi connectivity index (χ1) is 7.40. The molecule has 0 aliphatic heterocycles. The van der Waals surface area contributed by atoms with E-state index in [1.165, 1.54) is 0 Å². The van der Waals surface area contributed by atoms with Gasteiger partial charge in [0.05, 0.1) is 5.97 Å². The van der Waals surface area contributed by atoms with Gasteiger partial charge in [-0.3, -0.25) is 0 Å². The van der Waals surface area contributed by atoms with Crippen LogP contribution in [0.4, 0.5) is 0 Å². The van der Waals surface area contributed by atoms with Gasteiger partial charge in [-0.2, -0.15) is 0 Å². The maximum atomic E-state index is 10.9. The number of hydrogen-bond donors (Lipinski definition) is 1. The zero-order chi connectivity index (χ0) is 12.3. The minimum absolute atomic E-state index is 0.117. The predicted molar refractivity (Wildman–Crippen MR) is 44.7 cm³/mol. The molecular formula is C9H8NO6-. The van der Waals surface area contributed by atoms with E-state index in [0.29, 0.717) is 0 Å². The van der Waals surface area contributed by atoms with Gasteiger partial charge in [0.15, 0.2) is 5.76 Å². The van der Waals surface area contributed by atoms with Gasteiger partial charge in [0, 0.05) is 12.5 Å². The van der Waals surface area contributed by atoms with Crippen LogP contribution in [-0.4, -0.2) is 18.0 Å². The molecule has 0 aromatic carbocycles. The Morgan fingerprint density at radius 2 is 2.00 bits per heavy atom. The fraction of sp³-hybridized carbons (Fsp3) is 0.222. The molecule has 7 nitrogen and oxygen atoms in total. The molecule has 1 aromatic rings. The summed E-state index contributed by atoms with van der Waals surface area (Å²) < 4.78 is 4.32. The van der Waals surface area contributed by atoms with Crippen LogP contribution in [0.3, 0.4) is 0 Å². The van der Waals surface area contributed by atoms with E-state index in [-0.39, 0.29) is 12.0 Å². The molecule has 0 saturated heterocycles. The highest BCUT2D eigenvalue weighted by Crippen LogP contribution is 2.02. The van der Waals surface area contributed by atoms with Crippen molar-refractivity contribution in [2.75, 3.05) is 0 Å². The first-order valence-corrected chi connectivity index (χ1v) is 4.29. The van der Waals surface area contributed by atoms with Gasteiger partial charge in [-0.15, -0.1) is 0 Å². The molecule has 0 radical (unpaired) electrons. The van der Waals surface area contributed by atoms with Crippen molar-refractivity contribution in [1.82, 2.24) is 0 Å². The van der Waals surface area contributed by atoms with Gasteiger partial charge in [0.2, 0.25) is 0 Å². The van der Waals surface area contributed by atoms with E-state index in [0.717, 1.165) is 12.1 Å². The van der Waals surface area contributed by atoms with E-state index in [1.807, 2.05) is 0 Å². The maximum Gasteiger partial charge on any atom is 0.336 e. The van der Waals surface area contributed by atoms with Crippen LogP contribution in [-0.2, 0) is 11.2 Å². The predicted octanol–water partition coefficient (Wildman–Crippen LogP) is -4.09. The fourth-order valence-corrected chi connectivity index (χ4v) is 1.12. The highest BCUT2D eigenvalue weighted by Gasteiger charge is 2.11. The summed E-state index contributed by atoms with van der Waals surface area (Å²) >= 11 is 0. The Hall–Kier alpha value is -2.15. The summed E-state index contributed by atoms with van der Waals surface area (Å²) in [5, 5.41) is 20.8. The van der Waals surface area contributed by atoms with Gasteiger partial charge in [0.1, 0.15) is 12.0 Å². The molecule has 0 saturated carbocycles. The van der Waals surface area contributed by atoms with E-state index in [2.05, 4.69) is 10.2 Å². The normalized spacial score (nSPS) is 12.1. The largest absolute Gasteiger partial charge is 0.544 e. The van der Waals surface area contributed by atoms with E-state index < -0.39 is 29.4 Å². The van der Waals surface area contributed by atoms with Crippen molar-refractivity contribution in [2.24, 2.45) is 0 Å². The monoisotopic (exact) mass is 226 g/mol. The lowest BCUT2D eigenvalue weighted by molar-refractivity contribution is -0.437. The number of carboxylic acid groups (broad SMARTS) is 2. The Morgan fingerprint density at radius 1 is 1.38 bits per heavy atom. The van der Waals surface area contributed by atoms with Gasteiger partial charge >= 0.3 is 5.63 Å². The molecule has 1 unspecified atom stereocenters. The third kappa shape index (κ3) is 2.92. The van der Waals surface area contributed by atoms with Gasteiger partial charge in [-0.1, -0.05) is 0 Å². The molecule has 3 N–H and O–H groups in total. The van der Waals surface area contributed by atoms with Crippen molar-refractivity contribution in [1.29, 1.82) is 0 Å². The number of hydrogen-bond acceptors (Lipinski definition) is 6. The number of quaternary nitrogens is 1. The smallest absolute Gasteiger partial charge is 0.336 e. The molecule has 0 spiro atoms. The molecule has 86 valence electrons. The lowest BCUT2D eigenvalue weighted by atomic mass is 10.1. The van der Waals surface area contributed by atoms with Crippen molar-refractivity contribution >= 4 is 11.9 Å². The second-order valence-electron chi connectivity index (χ2n) is 3.16. The van der Waals surface area contributed by atoms with Crippen molar-refractivity contribution in [3.63, 3.8) is 0 Å². The van der Waals surface area contributed by atoms with Crippen LogP contribution in [0.2, 0.25) is 0 Å².